The van der Waals surface area contributed by atoms with Crippen molar-refractivity contribution in [1.82, 2.24) is 0 Å². The lowest BCUT2D eigenvalue weighted by atomic mass is 9.86. The SMILES string of the molecule is CC(O)(Cc1ccc(Cl)cc1)C1=COCCC1. The highest BCUT2D eigenvalue weighted by Crippen LogP contribution is 2.28. The van der Waals surface area contributed by atoms with Crippen molar-refractivity contribution in [2.75, 3.05) is 6.61 Å². The first kappa shape index (κ1) is 12.5. The molecule has 0 bridgehead atoms. The van der Waals surface area contributed by atoms with E-state index in [9.17, 15) is 5.11 Å². The van der Waals surface area contributed by atoms with Gasteiger partial charge in [0.1, 0.15) is 0 Å². The van der Waals surface area contributed by atoms with Gasteiger partial charge in [-0.3, -0.25) is 0 Å². The molecule has 2 nitrogen and oxygen atoms in total. The Balaban J connectivity index is 2.10. The van der Waals surface area contributed by atoms with Crippen molar-refractivity contribution in [3.8, 4) is 0 Å². The molecule has 0 spiro atoms. The van der Waals surface area contributed by atoms with Gasteiger partial charge in [-0.1, -0.05) is 23.7 Å². The Labute approximate surface area is 107 Å². The van der Waals surface area contributed by atoms with Gasteiger partial charge in [-0.25, -0.2) is 0 Å². The molecule has 1 aromatic carbocycles. The van der Waals surface area contributed by atoms with Gasteiger partial charge in [-0.15, -0.1) is 0 Å². The molecular weight excluding hydrogens is 236 g/mol. The number of aliphatic hydroxyl groups is 1. The van der Waals surface area contributed by atoms with E-state index in [1.165, 1.54) is 0 Å². The lowest BCUT2D eigenvalue weighted by Gasteiger charge is -2.28. The van der Waals surface area contributed by atoms with Gasteiger partial charge in [0.15, 0.2) is 0 Å². The van der Waals surface area contributed by atoms with Crippen molar-refractivity contribution in [3.05, 3.63) is 46.7 Å². The Morgan fingerprint density at radius 3 is 2.65 bits per heavy atom. The molecule has 0 radical (unpaired) electrons. The van der Waals surface area contributed by atoms with Crippen LogP contribution in [0.3, 0.4) is 0 Å². The van der Waals surface area contributed by atoms with Crippen molar-refractivity contribution in [1.29, 1.82) is 0 Å². The van der Waals surface area contributed by atoms with Crippen LogP contribution in [-0.2, 0) is 11.2 Å². The zero-order valence-corrected chi connectivity index (χ0v) is 10.7. The number of hydrogen-bond acceptors (Lipinski definition) is 2. The van der Waals surface area contributed by atoms with Crippen molar-refractivity contribution >= 4 is 11.6 Å². The van der Waals surface area contributed by atoms with Crippen LogP contribution in [0, 0.1) is 0 Å². The summed E-state index contributed by atoms with van der Waals surface area (Å²) in [6.45, 7) is 2.59. The summed E-state index contributed by atoms with van der Waals surface area (Å²) >= 11 is 5.84. The molecule has 92 valence electrons. The molecule has 0 saturated heterocycles. The molecule has 3 heteroatoms. The molecule has 1 aromatic rings. The number of rotatable bonds is 3. The third-order valence-corrected chi connectivity index (χ3v) is 3.34. The summed E-state index contributed by atoms with van der Waals surface area (Å²) in [6.07, 6.45) is 4.17. The Bertz CT molecular complexity index is 407. The molecule has 1 atom stereocenters. The molecule has 0 aliphatic carbocycles. The highest BCUT2D eigenvalue weighted by atomic mass is 35.5. The second kappa shape index (κ2) is 5.11. The van der Waals surface area contributed by atoms with Gasteiger partial charge in [0, 0.05) is 11.4 Å². The average molecular weight is 253 g/mol. The van der Waals surface area contributed by atoms with E-state index in [0.717, 1.165) is 30.6 Å². The van der Waals surface area contributed by atoms with E-state index in [1.54, 1.807) is 6.26 Å². The molecular formula is C14H17ClO2. The Morgan fingerprint density at radius 2 is 2.06 bits per heavy atom. The van der Waals surface area contributed by atoms with E-state index in [-0.39, 0.29) is 0 Å². The van der Waals surface area contributed by atoms with Crippen molar-refractivity contribution in [2.24, 2.45) is 0 Å². The second-order valence-electron chi connectivity index (χ2n) is 4.69. The predicted molar refractivity (Wildman–Crippen MR) is 69.0 cm³/mol. The van der Waals surface area contributed by atoms with Gasteiger partial charge < -0.3 is 9.84 Å². The summed E-state index contributed by atoms with van der Waals surface area (Å²) in [4.78, 5) is 0. The molecule has 2 rings (SSSR count). The highest BCUT2D eigenvalue weighted by Gasteiger charge is 2.27. The van der Waals surface area contributed by atoms with Crippen LogP contribution < -0.4 is 0 Å². The van der Waals surface area contributed by atoms with Gasteiger partial charge in [-0.05, 0) is 43.0 Å². The summed E-state index contributed by atoms with van der Waals surface area (Å²) < 4.78 is 5.28. The van der Waals surface area contributed by atoms with E-state index in [2.05, 4.69) is 0 Å². The summed E-state index contributed by atoms with van der Waals surface area (Å²) in [6, 6.07) is 7.58. The molecule has 1 aliphatic heterocycles. The standard InChI is InChI=1S/C14H17ClO2/c1-14(16,12-3-2-8-17-10-12)9-11-4-6-13(15)7-5-11/h4-7,10,16H,2-3,8-9H2,1H3. The minimum atomic E-state index is -0.839. The van der Waals surface area contributed by atoms with E-state index in [4.69, 9.17) is 16.3 Å². The number of benzene rings is 1. The monoisotopic (exact) mass is 252 g/mol. The minimum absolute atomic E-state index is 0.583. The smallest absolute Gasteiger partial charge is 0.0901 e. The van der Waals surface area contributed by atoms with Gasteiger partial charge in [-0.2, -0.15) is 0 Å². The molecule has 17 heavy (non-hydrogen) atoms. The third-order valence-electron chi connectivity index (χ3n) is 3.09. The molecule has 0 saturated carbocycles. The van der Waals surface area contributed by atoms with E-state index in [1.807, 2.05) is 31.2 Å². The van der Waals surface area contributed by atoms with Crippen LogP contribution >= 0.6 is 11.6 Å². The normalized spacial score (nSPS) is 19.1. The van der Waals surface area contributed by atoms with Gasteiger partial charge in [0.05, 0.1) is 18.5 Å². The van der Waals surface area contributed by atoms with E-state index in [0.29, 0.717) is 11.4 Å². The van der Waals surface area contributed by atoms with Crippen molar-refractivity contribution in [2.45, 2.75) is 31.8 Å². The van der Waals surface area contributed by atoms with Crippen LogP contribution in [0.1, 0.15) is 25.3 Å². The van der Waals surface area contributed by atoms with Gasteiger partial charge in [0.25, 0.3) is 0 Å². The Hall–Kier alpha value is -0.990. The Morgan fingerprint density at radius 1 is 1.35 bits per heavy atom. The topological polar surface area (TPSA) is 29.5 Å². The van der Waals surface area contributed by atoms with Crippen LogP contribution in [0.2, 0.25) is 5.02 Å². The van der Waals surface area contributed by atoms with Gasteiger partial charge in [0.2, 0.25) is 0 Å². The molecule has 1 aliphatic rings. The van der Waals surface area contributed by atoms with E-state index >= 15 is 0 Å². The fourth-order valence-electron chi connectivity index (χ4n) is 2.07. The quantitative estimate of drug-likeness (QED) is 0.894. The lowest BCUT2D eigenvalue weighted by molar-refractivity contribution is 0.0807. The van der Waals surface area contributed by atoms with Crippen LogP contribution in [0.5, 0.6) is 0 Å². The fourth-order valence-corrected chi connectivity index (χ4v) is 2.20. The average Bonchev–Trinajstić information content (AvgIpc) is 2.33. The summed E-state index contributed by atoms with van der Waals surface area (Å²) in [5.41, 5.74) is 1.21. The second-order valence-corrected chi connectivity index (χ2v) is 5.13. The zero-order chi connectivity index (χ0) is 12.3. The summed E-state index contributed by atoms with van der Waals surface area (Å²) in [5.74, 6) is 0. The molecule has 1 unspecified atom stereocenters. The molecule has 0 amide bonds. The minimum Gasteiger partial charge on any atom is -0.501 e. The third kappa shape index (κ3) is 3.24. The zero-order valence-electron chi connectivity index (χ0n) is 9.95. The van der Waals surface area contributed by atoms with Crippen LogP contribution in [0.15, 0.2) is 36.1 Å². The van der Waals surface area contributed by atoms with Gasteiger partial charge >= 0.3 is 0 Å². The number of hydrogen-bond donors (Lipinski definition) is 1. The van der Waals surface area contributed by atoms with Crippen molar-refractivity contribution < 1.29 is 9.84 Å². The summed E-state index contributed by atoms with van der Waals surface area (Å²) in [5, 5.41) is 11.2. The van der Waals surface area contributed by atoms with Crippen LogP contribution in [0.4, 0.5) is 0 Å². The molecule has 1 heterocycles. The first-order chi connectivity index (χ1) is 8.08. The van der Waals surface area contributed by atoms with Crippen LogP contribution in [0.25, 0.3) is 0 Å². The van der Waals surface area contributed by atoms with Crippen molar-refractivity contribution in [3.63, 3.8) is 0 Å². The maximum atomic E-state index is 10.5. The molecule has 0 aromatic heterocycles. The Kier molecular flexibility index (Phi) is 3.75. The highest BCUT2D eigenvalue weighted by molar-refractivity contribution is 6.30. The molecule has 1 N–H and O–H groups in total. The summed E-state index contributed by atoms with van der Waals surface area (Å²) in [7, 11) is 0. The number of ether oxygens (including phenoxy) is 1. The predicted octanol–water partition coefficient (Wildman–Crippen LogP) is 3.33. The fraction of sp³-hybridized carbons (Fsp3) is 0.429. The number of halogens is 1. The molecule has 0 fully saturated rings. The van der Waals surface area contributed by atoms with Crippen LogP contribution in [-0.4, -0.2) is 17.3 Å². The first-order valence-electron chi connectivity index (χ1n) is 5.86. The largest absolute Gasteiger partial charge is 0.501 e. The van der Waals surface area contributed by atoms with E-state index < -0.39 is 5.60 Å². The first-order valence-corrected chi connectivity index (χ1v) is 6.24. The maximum absolute atomic E-state index is 10.5. The maximum Gasteiger partial charge on any atom is 0.0901 e. The lowest BCUT2D eigenvalue weighted by Crippen LogP contribution is -2.31.